The minimum atomic E-state index is -3.61. The normalized spacial score (nSPS) is 13.3. The van der Waals surface area contributed by atoms with Crippen molar-refractivity contribution >= 4 is 21.4 Å². The van der Waals surface area contributed by atoms with Gasteiger partial charge in [0.05, 0.1) is 21.6 Å². The second-order valence-electron chi connectivity index (χ2n) is 6.48. The molecule has 0 aliphatic carbocycles. The van der Waals surface area contributed by atoms with E-state index in [1.165, 1.54) is 11.3 Å². The number of benzene rings is 1. The van der Waals surface area contributed by atoms with Crippen molar-refractivity contribution in [1.82, 2.24) is 9.71 Å². The summed E-state index contributed by atoms with van der Waals surface area (Å²) in [7, 11) is -3.61. The molecule has 0 bridgehead atoms. The van der Waals surface area contributed by atoms with Gasteiger partial charge in [-0.05, 0) is 83.2 Å². The Balaban J connectivity index is 2.51. The summed E-state index contributed by atoms with van der Waals surface area (Å²) in [6.45, 7) is 15.5. The van der Waals surface area contributed by atoms with Gasteiger partial charge in [-0.2, -0.15) is 0 Å². The summed E-state index contributed by atoms with van der Waals surface area (Å²) >= 11 is 1.54. The van der Waals surface area contributed by atoms with Gasteiger partial charge in [-0.3, -0.25) is 0 Å². The molecule has 1 N–H and O–H groups in total. The summed E-state index contributed by atoms with van der Waals surface area (Å²) < 4.78 is 29.0. The van der Waals surface area contributed by atoms with Gasteiger partial charge in [-0.15, -0.1) is 11.3 Å². The highest BCUT2D eigenvalue weighted by atomic mass is 32.2. The third-order valence-electron chi connectivity index (χ3n) is 4.86. The fourth-order valence-electron chi connectivity index (χ4n) is 3.16. The van der Waals surface area contributed by atoms with E-state index >= 15 is 0 Å². The van der Waals surface area contributed by atoms with Crippen LogP contribution in [0.25, 0.3) is 0 Å². The maximum Gasteiger partial charge on any atom is 0.241 e. The first-order valence-electron chi connectivity index (χ1n) is 8.00. The second-order valence-corrected chi connectivity index (χ2v) is 9.37. The van der Waals surface area contributed by atoms with E-state index in [9.17, 15) is 8.42 Å². The number of nitrogens with one attached hydrogen (secondary N) is 1. The maximum absolute atomic E-state index is 13.1. The molecule has 1 aromatic heterocycles. The van der Waals surface area contributed by atoms with Crippen molar-refractivity contribution < 1.29 is 8.42 Å². The average molecular weight is 367 g/mol. The van der Waals surface area contributed by atoms with Crippen LogP contribution in [0, 0.1) is 48.5 Å². The Morgan fingerprint density at radius 2 is 1.33 bits per heavy atom. The fourth-order valence-corrected chi connectivity index (χ4v) is 5.98. The molecule has 2 rings (SSSR count). The number of aromatic nitrogens is 1. The summed E-state index contributed by atoms with van der Waals surface area (Å²) in [6, 6.07) is -0.304. The van der Waals surface area contributed by atoms with Gasteiger partial charge in [0.25, 0.3) is 0 Å². The molecule has 6 heteroatoms. The molecule has 0 unspecified atom stereocenters. The number of hydrogen-bond donors (Lipinski definition) is 1. The van der Waals surface area contributed by atoms with Gasteiger partial charge in [0.2, 0.25) is 10.0 Å². The van der Waals surface area contributed by atoms with Gasteiger partial charge in [-0.1, -0.05) is 0 Å². The molecule has 0 spiro atoms. The van der Waals surface area contributed by atoms with E-state index in [4.69, 9.17) is 0 Å². The molecule has 0 amide bonds. The molecular formula is C18H26N2O2S2. The van der Waals surface area contributed by atoms with Crippen molar-refractivity contribution in [1.29, 1.82) is 0 Å². The standard InChI is InChI=1S/C18H26N2O2S2/c1-9-10(2)12(4)18(13(5)11(9)3)24(21,22)20-15(7)17-14(6)19-16(8)23-17/h15,20H,1-8H3/t15-/m0/s1. The first kappa shape index (κ1) is 19.1. The Bertz CT molecular complexity index is 867. The Morgan fingerprint density at radius 1 is 0.875 bits per heavy atom. The zero-order valence-corrected chi connectivity index (χ0v) is 17.3. The van der Waals surface area contributed by atoms with Gasteiger partial charge >= 0.3 is 0 Å². The summed E-state index contributed by atoms with van der Waals surface area (Å²) in [5.74, 6) is 0. The maximum atomic E-state index is 13.1. The predicted molar refractivity (Wildman–Crippen MR) is 100 cm³/mol. The summed E-state index contributed by atoms with van der Waals surface area (Å²) in [5.41, 5.74) is 5.77. The lowest BCUT2D eigenvalue weighted by Crippen LogP contribution is -2.28. The Hall–Kier alpha value is -1.24. The fraction of sp³-hybridized carbons (Fsp3) is 0.500. The van der Waals surface area contributed by atoms with Crippen LogP contribution in [0.3, 0.4) is 0 Å². The number of rotatable bonds is 4. The largest absolute Gasteiger partial charge is 0.247 e. The number of hydrogen-bond acceptors (Lipinski definition) is 4. The first-order chi connectivity index (χ1) is 11.0. The molecule has 0 saturated heterocycles. The molecule has 0 fully saturated rings. The lowest BCUT2D eigenvalue weighted by molar-refractivity contribution is 0.566. The van der Waals surface area contributed by atoms with Crippen LogP contribution < -0.4 is 4.72 Å². The average Bonchev–Trinajstić information content (AvgIpc) is 2.81. The molecule has 4 nitrogen and oxygen atoms in total. The van der Waals surface area contributed by atoms with Gasteiger partial charge in [-0.25, -0.2) is 18.1 Å². The van der Waals surface area contributed by atoms with Crippen molar-refractivity contribution in [3.63, 3.8) is 0 Å². The molecule has 1 atom stereocenters. The zero-order valence-electron chi connectivity index (χ0n) is 15.7. The first-order valence-corrected chi connectivity index (χ1v) is 10.3. The van der Waals surface area contributed by atoms with E-state index in [1.54, 1.807) is 0 Å². The van der Waals surface area contributed by atoms with Crippen LogP contribution in [0.1, 0.15) is 56.4 Å². The summed E-state index contributed by atoms with van der Waals surface area (Å²) in [4.78, 5) is 5.77. The highest BCUT2D eigenvalue weighted by Gasteiger charge is 2.26. The molecular weight excluding hydrogens is 340 g/mol. The van der Waals surface area contributed by atoms with Crippen molar-refractivity contribution in [2.45, 2.75) is 66.3 Å². The highest BCUT2D eigenvalue weighted by molar-refractivity contribution is 7.89. The molecule has 0 saturated carbocycles. The van der Waals surface area contributed by atoms with Crippen LogP contribution >= 0.6 is 11.3 Å². The molecule has 24 heavy (non-hydrogen) atoms. The third kappa shape index (κ3) is 3.27. The van der Waals surface area contributed by atoms with Crippen molar-refractivity contribution in [3.8, 4) is 0 Å². The van der Waals surface area contributed by atoms with E-state index in [0.29, 0.717) is 4.90 Å². The molecule has 1 heterocycles. The van der Waals surface area contributed by atoms with Gasteiger partial charge in [0.1, 0.15) is 0 Å². The van der Waals surface area contributed by atoms with Crippen LogP contribution in [0.15, 0.2) is 4.90 Å². The summed E-state index contributed by atoms with van der Waals surface area (Å²) in [5, 5.41) is 0.947. The Kier molecular flexibility index (Phi) is 5.23. The molecule has 2 aromatic rings. The number of sulfonamides is 1. The van der Waals surface area contributed by atoms with Gasteiger partial charge in [0, 0.05) is 4.88 Å². The van der Waals surface area contributed by atoms with E-state index in [0.717, 1.165) is 43.4 Å². The van der Waals surface area contributed by atoms with Gasteiger partial charge in [0.15, 0.2) is 0 Å². The molecule has 1 aromatic carbocycles. The summed E-state index contributed by atoms with van der Waals surface area (Å²) in [6.07, 6.45) is 0. The van der Waals surface area contributed by atoms with Crippen molar-refractivity contribution in [2.24, 2.45) is 0 Å². The predicted octanol–water partition coefficient (Wildman–Crippen LogP) is 4.34. The topological polar surface area (TPSA) is 59.1 Å². The second kappa shape index (κ2) is 6.58. The smallest absolute Gasteiger partial charge is 0.241 e. The number of aryl methyl sites for hydroxylation is 2. The SMILES string of the molecule is Cc1nc(C)c([C@H](C)NS(=O)(=O)c2c(C)c(C)c(C)c(C)c2C)s1. The monoisotopic (exact) mass is 366 g/mol. The lowest BCUT2D eigenvalue weighted by Gasteiger charge is -2.21. The van der Waals surface area contributed by atoms with E-state index in [-0.39, 0.29) is 6.04 Å². The molecule has 0 aliphatic rings. The minimum Gasteiger partial charge on any atom is -0.247 e. The zero-order chi connectivity index (χ0) is 18.4. The van der Waals surface area contributed by atoms with Crippen molar-refractivity contribution in [2.75, 3.05) is 0 Å². The van der Waals surface area contributed by atoms with E-state index in [1.807, 2.05) is 55.4 Å². The molecule has 132 valence electrons. The van der Waals surface area contributed by atoms with E-state index < -0.39 is 10.0 Å². The van der Waals surface area contributed by atoms with Crippen LogP contribution in [0.5, 0.6) is 0 Å². The minimum absolute atomic E-state index is 0.304. The Labute approximate surface area is 149 Å². The van der Waals surface area contributed by atoms with E-state index in [2.05, 4.69) is 9.71 Å². The quantitative estimate of drug-likeness (QED) is 0.875. The van der Waals surface area contributed by atoms with Crippen LogP contribution in [0.2, 0.25) is 0 Å². The number of thiazole rings is 1. The highest BCUT2D eigenvalue weighted by Crippen LogP contribution is 2.31. The van der Waals surface area contributed by atoms with Crippen LogP contribution in [0.4, 0.5) is 0 Å². The van der Waals surface area contributed by atoms with Gasteiger partial charge < -0.3 is 0 Å². The third-order valence-corrected chi connectivity index (χ3v) is 7.93. The number of nitrogens with zero attached hydrogens (tertiary/aromatic N) is 1. The lowest BCUT2D eigenvalue weighted by atomic mass is 9.95. The molecule has 0 radical (unpaired) electrons. The van der Waals surface area contributed by atoms with Crippen LogP contribution in [-0.4, -0.2) is 13.4 Å². The van der Waals surface area contributed by atoms with Crippen LogP contribution in [-0.2, 0) is 10.0 Å². The van der Waals surface area contributed by atoms with Crippen molar-refractivity contribution in [3.05, 3.63) is 43.4 Å². The molecule has 0 aliphatic heterocycles. The Morgan fingerprint density at radius 3 is 1.75 bits per heavy atom.